The van der Waals surface area contributed by atoms with Gasteiger partial charge in [0.1, 0.15) is 5.75 Å². The summed E-state index contributed by atoms with van der Waals surface area (Å²) >= 11 is 5.57. The van der Waals surface area contributed by atoms with E-state index in [0.717, 1.165) is 29.8 Å². The average molecular weight is 240 g/mol. The number of unbranched alkanes of at least 4 members (excludes halogenated alkanes) is 1. The van der Waals surface area contributed by atoms with E-state index in [0.29, 0.717) is 18.9 Å². The third-order valence-corrected chi connectivity index (χ3v) is 2.77. The Bertz CT molecular complexity index is 393. The van der Waals surface area contributed by atoms with Gasteiger partial charge in [0.25, 0.3) is 0 Å². The molecule has 86 valence electrons. The van der Waals surface area contributed by atoms with Gasteiger partial charge < -0.3 is 10.1 Å². The summed E-state index contributed by atoms with van der Waals surface area (Å²) in [6.45, 7) is 0.666. The molecule has 0 aromatic heterocycles. The minimum Gasteiger partial charge on any atom is -0.494 e. The van der Waals surface area contributed by atoms with Crippen molar-refractivity contribution >= 4 is 23.2 Å². The summed E-state index contributed by atoms with van der Waals surface area (Å²) in [7, 11) is 0. The predicted octanol–water partition coefficient (Wildman–Crippen LogP) is 2.58. The zero-order valence-corrected chi connectivity index (χ0v) is 9.72. The van der Waals surface area contributed by atoms with Gasteiger partial charge in [-0.15, -0.1) is 11.6 Å². The highest BCUT2D eigenvalue weighted by Gasteiger charge is 2.17. The molecular formula is C12H14ClNO2. The summed E-state index contributed by atoms with van der Waals surface area (Å²) in [5.41, 5.74) is 1.91. The molecule has 0 spiro atoms. The van der Waals surface area contributed by atoms with E-state index >= 15 is 0 Å². The van der Waals surface area contributed by atoms with Gasteiger partial charge in [0, 0.05) is 17.6 Å². The number of alkyl halides is 1. The molecule has 1 aromatic rings. The van der Waals surface area contributed by atoms with Crippen LogP contribution in [0.1, 0.15) is 18.4 Å². The molecule has 0 saturated carbocycles. The highest BCUT2D eigenvalue weighted by atomic mass is 35.5. The third kappa shape index (κ3) is 2.67. The number of hydrogen-bond donors (Lipinski definition) is 1. The number of hydrogen-bond acceptors (Lipinski definition) is 2. The van der Waals surface area contributed by atoms with Gasteiger partial charge in [-0.2, -0.15) is 0 Å². The van der Waals surface area contributed by atoms with Gasteiger partial charge in [0.15, 0.2) is 0 Å². The van der Waals surface area contributed by atoms with Crippen molar-refractivity contribution in [3.8, 4) is 5.75 Å². The number of ether oxygens (including phenoxy) is 1. The van der Waals surface area contributed by atoms with Crippen LogP contribution in [0.3, 0.4) is 0 Å². The maximum atomic E-state index is 11.1. The Kier molecular flexibility index (Phi) is 3.67. The van der Waals surface area contributed by atoms with E-state index in [4.69, 9.17) is 16.3 Å². The minimum atomic E-state index is 0.0503. The fourth-order valence-corrected chi connectivity index (χ4v) is 1.86. The summed E-state index contributed by atoms with van der Waals surface area (Å²) in [4.78, 5) is 11.1. The Morgan fingerprint density at radius 2 is 2.25 bits per heavy atom. The van der Waals surface area contributed by atoms with Crippen LogP contribution in [0.2, 0.25) is 0 Å². The van der Waals surface area contributed by atoms with Crippen LogP contribution in [0.15, 0.2) is 18.2 Å². The molecule has 0 saturated heterocycles. The second-order valence-electron chi connectivity index (χ2n) is 3.79. The van der Waals surface area contributed by atoms with E-state index in [1.165, 1.54) is 0 Å². The summed E-state index contributed by atoms with van der Waals surface area (Å²) in [5.74, 6) is 1.52. The van der Waals surface area contributed by atoms with E-state index in [2.05, 4.69) is 5.32 Å². The van der Waals surface area contributed by atoms with Crippen molar-refractivity contribution in [3.63, 3.8) is 0 Å². The molecule has 0 aliphatic carbocycles. The van der Waals surface area contributed by atoms with E-state index in [1.54, 1.807) is 0 Å². The summed E-state index contributed by atoms with van der Waals surface area (Å²) in [5, 5.41) is 2.80. The topological polar surface area (TPSA) is 38.3 Å². The molecule has 1 aliphatic rings. The molecule has 0 bridgehead atoms. The molecule has 1 N–H and O–H groups in total. The van der Waals surface area contributed by atoms with Gasteiger partial charge in [0.05, 0.1) is 13.0 Å². The predicted molar refractivity (Wildman–Crippen MR) is 64.2 cm³/mol. The maximum Gasteiger partial charge on any atom is 0.228 e. The first-order valence-electron chi connectivity index (χ1n) is 5.41. The van der Waals surface area contributed by atoms with Gasteiger partial charge in [-0.25, -0.2) is 0 Å². The molecule has 1 aromatic carbocycles. The molecule has 1 amide bonds. The highest BCUT2D eigenvalue weighted by molar-refractivity contribution is 6.17. The molecule has 0 radical (unpaired) electrons. The Morgan fingerprint density at radius 1 is 1.38 bits per heavy atom. The summed E-state index contributed by atoms with van der Waals surface area (Å²) in [6.07, 6.45) is 2.39. The van der Waals surface area contributed by atoms with Gasteiger partial charge in [-0.1, -0.05) is 6.07 Å². The molecule has 1 aliphatic heterocycles. The first-order chi connectivity index (χ1) is 7.79. The lowest BCUT2D eigenvalue weighted by Crippen LogP contribution is -2.03. The fraction of sp³-hybridized carbons (Fsp3) is 0.417. The molecule has 0 unspecified atom stereocenters. The monoisotopic (exact) mass is 239 g/mol. The number of carbonyl (C=O) groups is 1. The zero-order chi connectivity index (χ0) is 11.4. The van der Waals surface area contributed by atoms with E-state index < -0.39 is 0 Å². The largest absolute Gasteiger partial charge is 0.494 e. The standard InChI is InChI=1S/C12H14ClNO2/c13-5-1-2-6-16-10-4-3-9-7-12(15)14-11(9)8-10/h3-4,8H,1-2,5-7H2,(H,14,15). The summed E-state index contributed by atoms with van der Waals surface area (Å²) < 4.78 is 5.56. The summed E-state index contributed by atoms with van der Waals surface area (Å²) in [6, 6.07) is 5.71. The lowest BCUT2D eigenvalue weighted by atomic mass is 10.1. The number of halogens is 1. The van der Waals surface area contributed by atoms with Crippen LogP contribution in [0.4, 0.5) is 5.69 Å². The van der Waals surface area contributed by atoms with Crippen LogP contribution in [0, 0.1) is 0 Å². The Morgan fingerprint density at radius 3 is 3.06 bits per heavy atom. The van der Waals surface area contributed by atoms with Crippen LogP contribution in [0.25, 0.3) is 0 Å². The zero-order valence-electron chi connectivity index (χ0n) is 8.96. The van der Waals surface area contributed by atoms with Crippen LogP contribution >= 0.6 is 11.6 Å². The molecule has 3 nitrogen and oxygen atoms in total. The number of nitrogens with one attached hydrogen (secondary N) is 1. The molecule has 0 fully saturated rings. The molecule has 0 atom stereocenters. The highest BCUT2D eigenvalue weighted by Crippen LogP contribution is 2.27. The normalized spacial score (nSPS) is 13.4. The second-order valence-corrected chi connectivity index (χ2v) is 4.17. The van der Waals surface area contributed by atoms with Crippen LogP contribution in [-0.4, -0.2) is 18.4 Å². The van der Waals surface area contributed by atoms with Gasteiger partial charge in [0.2, 0.25) is 5.91 Å². The van der Waals surface area contributed by atoms with Crippen molar-refractivity contribution in [2.75, 3.05) is 17.8 Å². The van der Waals surface area contributed by atoms with Crippen molar-refractivity contribution in [2.45, 2.75) is 19.3 Å². The SMILES string of the molecule is O=C1Cc2ccc(OCCCCCl)cc2N1. The fourth-order valence-electron chi connectivity index (χ4n) is 1.67. The Labute approximate surface area is 99.7 Å². The Hall–Kier alpha value is -1.22. The van der Waals surface area contributed by atoms with Crippen LogP contribution in [0.5, 0.6) is 5.75 Å². The number of amides is 1. The molecule has 1 heterocycles. The first-order valence-corrected chi connectivity index (χ1v) is 5.94. The van der Waals surface area contributed by atoms with Crippen molar-refractivity contribution in [1.82, 2.24) is 0 Å². The minimum absolute atomic E-state index is 0.0503. The molecule has 2 rings (SSSR count). The number of fused-ring (bicyclic) bond motifs is 1. The molecule has 16 heavy (non-hydrogen) atoms. The van der Waals surface area contributed by atoms with Crippen LogP contribution < -0.4 is 10.1 Å². The second kappa shape index (κ2) is 5.21. The number of benzene rings is 1. The number of carbonyl (C=O) groups excluding carboxylic acids is 1. The lowest BCUT2D eigenvalue weighted by Gasteiger charge is -2.07. The third-order valence-electron chi connectivity index (χ3n) is 2.50. The quantitative estimate of drug-likeness (QED) is 0.634. The van der Waals surface area contributed by atoms with Crippen molar-refractivity contribution in [2.24, 2.45) is 0 Å². The van der Waals surface area contributed by atoms with E-state index in [-0.39, 0.29) is 5.91 Å². The average Bonchev–Trinajstić information content (AvgIpc) is 2.64. The van der Waals surface area contributed by atoms with Crippen LogP contribution in [-0.2, 0) is 11.2 Å². The van der Waals surface area contributed by atoms with E-state index in [1.807, 2.05) is 18.2 Å². The maximum absolute atomic E-state index is 11.1. The van der Waals surface area contributed by atoms with Crippen molar-refractivity contribution in [3.05, 3.63) is 23.8 Å². The van der Waals surface area contributed by atoms with Gasteiger partial charge in [-0.3, -0.25) is 4.79 Å². The van der Waals surface area contributed by atoms with E-state index in [9.17, 15) is 4.79 Å². The first kappa shape index (κ1) is 11.3. The molecule has 4 heteroatoms. The Balaban J connectivity index is 1.92. The number of rotatable bonds is 5. The number of anilines is 1. The molecular weight excluding hydrogens is 226 g/mol. The van der Waals surface area contributed by atoms with Crippen molar-refractivity contribution < 1.29 is 9.53 Å². The van der Waals surface area contributed by atoms with Gasteiger partial charge >= 0.3 is 0 Å². The lowest BCUT2D eigenvalue weighted by molar-refractivity contribution is -0.115. The van der Waals surface area contributed by atoms with Crippen molar-refractivity contribution in [1.29, 1.82) is 0 Å². The van der Waals surface area contributed by atoms with Gasteiger partial charge in [-0.05, 0) is 24.5 Å². The smallest absolute Gasteiger partial charge is 0.228 e.